The Balaban J connectivity index is 0.939. The van der Waals surface area contributed by atoms with Crippen molar-refractivity contribution in [2.75, 3.05) is 23.7 Å². The first-order valence-electron chi connectivity index (χ1n) is 16.2. The fourth-order valence-electron chi connectivity index (χ4n) is 5.25. The molecule has 1 amide bonds. The maximum absolute atomic E-state index is 12.4. The summed E-state index contributed by atoms with van der Waals surface area (Å²) in [6.45, 7) is 1.64. The Morgan fingerprint density at radius 1 is 0.477 bits per heavy atom. The zero-order valence-electron chi connectivity index (χ0n) is 25.9. The van der Waals surface area contributed by atoms with Crippen LogP contribution < -0.4 is 16.0 Å². The molecule has 0 spiro atoms. The highest BCUT2D eigenvalue weighted by Crippen LogP contribution is 2.18. The first-order chi connectivity index (χ1) is 21.6. The van der Waals surface area contributed by atoms with Gasteiger partial charge in [0, 0.05) is 42.9 Å². The first kappa shape index (κ1) is 32.7. The monoisotopic (exact) mass is 589 g/mol. The highest BCUT2D eigenvalue weighted by molar-refractivity contribution is 5.90. The summed E-state index contributed by atoms with van der Waals surface area (Å²) in [5, 5.41) is 9.76. The van der Waals surface area contributed by atoms with Gasteiger partial charge in [0.05, 0.1) is 0 Å². The summed E-state index contributed by atoms with van der Waals surface area (Å²) in [4.78, 5) is 24.7. The lowest BCUT2D eigenvalue weighted by Gasteiger charge is -2.08. The van der Waals surface area contributed by atoms with E-state index in [2.05, 4.69) is 52.3 Å². The number of para-hydroxylation sites is 1. The second-order valence-corrected chi connectivity index (χ2v) is 11.5. The number of hydrogen-bond acceptors (Lipinski definition) is 4. The fraction of sp³-hybridized carbons (Fsp3) is 0.333. The number of ketones is 1. The minimum absolute atomic E-state index is 0.0424. The number of unbranched alkanes of at least 4 members (excludes halogenated alkanes) is 6. The van der Waals surface area contributed by atoms with Gasteiger partial charge in [-0.05, 0) is 78.9 Å². The van der Waals surface area contributed by atoms with E-state index in [4.69, 9.17) is 0 Å². The lowest BCUT2D eigenvalue weighted by molar-refractivity contribution is -0.118. The van der Waals surface area contributed by atoms with Crippen LogP contribution in [0.15, 0.2) is 109 Å². The van der Waals surface area contributed by atoms with Gasteiger partial charge in [0.15, 0.2) is 0 Å². The van der Waals surface area contributed by atoms with Gasteiger partial charge in [-0.25, -0.2) is 0 Å². The molecular weight excluding hydrogens is 542 g/mol. The molecule has 0 fully saturated rings. The van der Waals surface area contributed by atoms with Crippen LogP contribution in [0.4, 0.5) is 17.1 Å². The fourth-order valence-corrected chi connectivity index (χ4v) is 5.25. The molecule has 4 aromatic carbocycles. The van der Waals surface area contributed by atoms with Gasteiger partial charge in [-0.1, -0.05) is 105 Å². The average Bonchev–Trinajstić information content (AvgIpc) is 3.04. The maximum atomic E-state index is 12.4. The zero-order chi connectivity index (χ0) is 30.7. The lowest BCUT2D eigenvalue weighted by atomic mass is 10.0. The van der Waals surface area contributed by atoms with Crippen LogP contribution in [0.25, 0.3) is 0 Å². The van der Waals surface area contributed by atoms with Gasteiger partial charge in [-0.15, -0.1) is 0 Å². The van der Waals surface area contributed by atoms with Crippen LogP contribution >= 0.6 is 0 Å². The van der Waals surface area contributed by atoms with Crippen molar-refractivity contribution in [2.45, 2.75) is 70.6 Å². The molecule has 4 rings (SSSR count). The Hall–Kier alpha value is -4.22. The Kier molecular flexibility index (Phi) is 14.2. The van der Waals surface area contributed by atoms with E-state index in [0.717, 1.165) is 54.9 Å². The van der Waals surface area contributed by atoms with Gasteiger partial charge < -0.3 is 16.0 Å². The molecule has 0 heterocycles. The van der Waals surface area contributed by atoms with Gasteiger partial charge >= 0.3 is 0 Å². The number of hydrogen-bond donors (Lipinski definition) is 3. The van der Waals surface area contributed by atoms with Gasteiger partial charge in [0.25, 0.3) is 0 Å². The Morgan fingerprint density at radius 2 is 1.02 bits per heavy atom. The van der Waals surface area contributed by atoms with Crippen molar-refractivity contribution in [3.63, 3.8) is 0 Å². The van der Waals surface area contributed by atoms with Crippen molar-refractivity contribution < 1.29 is 9.59 Å². The topological polar surface area (TPSA) is 70.2 Å². The molecule has 0 radical (unpaired) electrons. The molecule has 0 aromatic heterocycles. The summed E-state index contributed by atoms with van der Waals surface area (Å²) >= 11 is 0. The van der Waals surface area contributed by atoms with E-state index in [9.17, 15) is 9.59 Å². The summed E-state index contributed by atoms with van der Waals surface area (Å²) < 4.78 is 0. The number of anilines is 3. The van der Waals surface area contributed by atoms with E-state index >= 15 is 0 Å². The zero-order valence-corrected chi connectivity index (χ0v) is 25.9. The van der Waals surface area contributed by atoms with Crippen LogP contribution in [0, 0.1) is 0 Å². The largest absolute Gasteiger partial charge is 0.356 e. The molecule has 5 nitrogen and oxygen atoms in total. The quantitative estimate of drug-likeness (QED) is 0.0901. The number of amides is 1. The third-order valence-corrected chi connectivity index (χ3v) is 7.74. The van der Waals surface area contributed by atoms with E-state index in [-0.39, 0.29) is 5.91 Å². The van der Waals surface area contributed by atoms with Crippen molar-refractivity contribution in [3.05, 3.63) is 126 Å². The average molecular weight is 590 g/mol. The minimum atomic E-state index is 0.0424. The van der Waals surface area contributed by atoms with E-state index in [1.807, 2.05) is 72.8 Å². The number of rotatable bonds is 20. The number of carbonyl (C=O) groups excluding carboxylic acids is 2. The summed E-state index contributed by atoms with van der Waals surface area (Å²) in [5.74, 6) is 0.367. The number of benzene rings is 4. The van der Waals surface area contributed by atoms with E-state index in [0.29, 0.717) is 31.6 Å². The molecular formula is C39H47N3O2. The van der Waals surface area contributed by atoms with Gasteiger partial charge in [0.2, 0.25) is 5.91 Å². The molecule has 5 heteroatoms. The van der Waals surface area contributed by atoms with Crippen molar-refractivity contribution in [2.24, 2.45) is 0 Å². The van der Waals surface area contributed by atoms with Crippen LogP contribution in [-0.2, 0) is 22.4 Å². The molecule has 0 aliphatic rings. The molecule has 0 bridgehead atoms. The van der Waals surface area contributed by atoms with Gasteiger partial charge in [-0.2, -0.15) is 0 Å². The molecule has 0 saturated carbocycles. The van der Waals surface area contributed by atoms with Crippen LogP contribution in [-0.4, -0.2) is 24.8 Å². The molecule has 230 valence electrons. The van der Waals surface area contributed by atoms with E-state index < -0.39 is 0 Å². The molecule has 0 saturated heterocycles. The Bertz CT molecular complexity index is 1260. The Morgan fingerprint density at radius 3 is 1.73 bits per heavy atom. The number of Topliss-reactive ketones (excluding diaryl/α,β-unsaturated/α-hetero) is 1. The smallest absolute Gasteiger partial charge is 0.225 e. The second kappa shape index (κ2) is 19.1. The van der Waals surface area contributed by atoms with E-state index in [1.54, 1.807) is 0 Å². The third-order valence-electron chi connectivity index (χ3n) is 7.74. The van der Waals surface area contributed by atoms with Gasteiger partial charge in [-0.3, -0.25) is 9.59 Å². The van der Waals surface area contributed by atoms with Crippen LogP contribution in [0.3, 0.4) is 0 Å². The molecule has 44 heavy (non-hydrogen) atoms. The molecule has 0 atom stereocenters. The molecule has 3 N–H and O–H groups in total. The Labute approximate surface area is 263 Å². The van der Waals surface area contributed by atoms with Crippen LogP contribution in [0.1, 0.15) is 74.5 Å². The third kappa shape index (κ3) is 13.0. The SMILES string of the molecule is O=C(CCCCCCCCCNCCC(=O)Nc1ccc(Cc2ccccc2)cc1)Cc1ccc(Nc2ccccc2)cc1. The van der Waals surface area contributed by atoms with Crippen LogP contribution in [0.2, 0.25) is 0 Å². The number of carbonyl (C=O) groups is 2. The summed E-state index contributed by atoms with van der Waals surface area (Å²) in [5.41, 5.74) is 6.53. The molecule has 0 unspecified atom stereocenters. The summed E-state index contributed by atoms with van der Waals surface area (Å²) in [6.07, 6.45) is 10.6. The highest BCUT2D eigenvalue weighted by atomic mass is 16.1. The van der Waals surface area contributed by atoms with Crippen molar-refractivity contribution in [1.82, 2.24) is 5.32 Å². The normalized spacial score (nSPS) is 10.8. The van der Waals surface area contributed by atoms with E-state index in [1.165, 1.54) is 36.8 Å². The molecule has 4 aromatic rings. The van der Waals surface area contributed by atoms with Crippen molar-refractivity contribution in [1.29, 1.82) is 0 Å². The summed E-state index contributed by atoms with van der Waals surface area (Å²) in [7, 11) is 0. The molecule has 0 aliphatic carbocycles. The lowest BCUT2D eigenvalue weighted by Crippen LogP contribution is -2.22. The minimum Gasteiger partial charge on any atom is -0.356 e. The highest BCUT2D eigenvalue weighted by Gasteiger charge is 2.05. The van der Waals surface area contributed by atoms with Crippen molar-refractivity contribution in [3.8, 4) is 0 Å². The van der Waals surface area contributed by atoms with Gasteiger partial charge in [0.1, 0.15) is 5.78 Å². The summed E-state index contributed by atoms with van der Waals surface area (Å²) in [6, 6.07) is 36.8. The standard InChI is InChI=1S/C39H47N3O2/c43-38(31-34-21-23-36(24-22-34)41-35-16-10-7-11-17-35)18-12-4-2-1-3-5-13-28-40-29-27-39(44)42-37-25-19-33(20-26-37)30-32-14-8-6-9-15-32/h6-11,14-17,19-26,40-41H,1-5,12-13,18,27-31H2,(H,42,44). The maximum Gasteiger partial charge on any atom is 0.225 e. The number of nitrogens with one attached hydrogen (secondary N) is 3. The second-order valence-electron chi connectivity index (χ2n) is 11.5. The van der Waals surface area contributed by atoms with Crippen molar-refractivity contribution >= 4 is 28.8 Å². The predicted octanol–water partition coefficient (Wildman–Crippen LogP) is 8.87. The molecule has 0 aliphatic heterocycles. The first-order valence-corrected chi connectivity index (χ1v) is 16.2. The predicted molar refractivity (Wildman–Crippen MR) is 184 cm³/mol. The van der Waals surface area contributed by atoms with Crippen LogP contribution in [0.5, 0.6) is 0 Å².